The standard InChI is InChI=1S/C18H29NO2/c1-5-8-16(13-17(7-3)21-4)19-18(20)15-11-9-14(6-2)10-12-15/h5,7-8,13-15H,6,9-12H2,1-4H3,(H,19,20)/b8-5-,16-13+,17-7+. The summed E-state index contributed by atoms with van der Waals surface area (Å²) < 4.78 is 5.23. The summed E-state index contributed by atoms with van der Waals surface area (Å²) in [4.78, 5) is 12.4. The van der Waals surface area contributed by atoms with Crippen molar-refractivity contribution >= 4 is 5.91 Å². The first-order valence-electron chi connectivity index (χ1n) is 8.00. The summed E-state index contributed by atoms with van der Waals surface area (Å²) in [6.07, 6.45) is 13.2. The van der Waals surface area contributed by atoms with Gasteiger partial charge in [0.1, 0.15) is 5.76 Å². The molecule has 1 saturated carbocycles. The Bertz CT molecular complexity index is 413. The molecule has 0 heterocycles. The van der Waals surface area contributed by atoms with Gasteiger partial charge in [0.25, 0.3) is 0 Å². The highest BCUT2D eigenvalue weighted by Gasteiger charge is 2.25. The van der Waals surface area contributed by atoms with Gasteiger partial charge in [-0.2, -0.15) is 0 Å². The van der Waals surface area contributed by atoms with Gasteiger partial charge in [0.05, 0.1) is 7.11 Å². The van der Waals surface area contributed by atoms with Crippen molar-refractivity contribution in [2.45, 2.75) is 52.9 Å². The molecule has 0 spiro atoms. The van der Waals surface area contributed by atoms with E-state index in [0.717, 1.165) is 30.2 Å². The summed E-state index contributed by atoms with van der Waals surface area (Å²) in [7, 11) is 1.63. The van der Waals surface area contributed by atoms with E-state index in [1.165, 1.54) is 19.3 Å². The maximum absolute atomic E-state index is 12.4. The predicted molar refractivity (Wildman–Crippen MR) is 87.5 cm³/mol. The van der Waals surface area contributed by atoms with Crippen molar-refractivity contribution in [1.29, 1.82) is 0 Å². The largest absolute Gasteiger partial charge is 0.497 e. The van der Waals surface area contributed by atoms with Gasteiger partial charge in [-0.15, -0.1) is 0 Å². The van der Waals surface area contributed by atoms with Crippen LogP contribution in [0.5, 0.6) is 0 Å². The zero-order valence-corrected chi connectivity index (χ0v) is 13.8. The van der Waals surface area contributed by atoms with E-state index in [1.807, 2.05) is 38.2 Å². The molecule has 1 aliphatic carbocycles. The summed E-state index contributed by atoms with van der Waals surface area (Å²) in [5.41, 5.74) is 0.787. The van der Waals surface area contributed by atoms with Crippen LogP contribution in [0.3, 0.4) is 0 Å². The van der Waals surface area contributed by atoms with E-state index in [-0.39, 0.29) is 11.8 Å². The van der Waals surface area contributed by atoms with Crippen LogP contribution in [0.15, 0.2) is 35.8 Å². The summed E-state index contributed by atoms with van der Waals surface area (Å²) in [6.45, 7) is 6.09. The van der Waals surface area contributed by atoms with Gasteiger partial charge < -0.3 is 10.1 Å². The van der Waals surface area contributed by atoms with Gasteiger partial charge >= 0.3 is 0 Å². The van der Waals surface area contributed by atoms with Crippen LogP contribution >= 0.6 is 0 Å². The molecule has 1 aliphatic rings. The predicted octanol–water partition coefficient (Wildman–Crippen LogP) is 4.33. The minimum atomic E-state index is 0.139. The SMILES string of the molecule is C\C=C/C(=C\C(=C/C)OC)NC(=O)C1CCC(CC)CC1. The second-order valence-corrected chi connectivity index (χ2v) is 5.61. The number of carbonyl (C=O) groups is 1. The quantitative estimate of drug-likeness (QED) is 0.584. The van der Waals surface area contributed by atoms with E-state index < -0.39 is 0 Å². The lowest BCUT2D eigenvalue weighted by molar-refractivity contribution is -0.125. The Morgan fingerprint density at radius 1 is 1.24 bits per heavy atom. The molecular formula is C18H29NO2. The van der Waals surface area contributed by atoms with Gasteiger partial charge in [-0.25, -0.2) is 0 Å². The van der Waals surface area contributed by atoms with E-state index in [4.69, 9.17) is 4.74 Å². The topological polar surface area (TPSA) is 38.3 Å². The maximum atomic E-state index is 12.4. The first-order valence-corrected chi connectivity index (χ1v) is 8.00. The molecule has 21 heavy (non-hydrogen) atoms. The number of rotatable bonds is 6. The fourth-order valence-corrected chi connectivity index (χ4v) is 2.80. The van der Waals surface area contributed by atoms with Crippen molar-refractivity contribution in [1.82, 2.24) is 5.32 Å². The van der Waals surface area contributed by atoms with E-state index in [0.29, 0.717) is 0 Å². The van der Waals surface area contributed by atoms with E-state index in [2.05, 4.69) is 12.2 Å². The van der Waals surface area contributed by atoms with Crippen LogP contribution in [0, 0.1) is 11.8 Å². The molecule has 1 fully saturated rings. The molecule has 0 radical (unpaired) electrons. The molecule has 0 aromatic carbocycles. The van der Waals surface area contributed by atoms with Crippen molar-refractivity contribution in [3.63, 3.8) is 0 Å². The summed E-state index contributed by atoms with van der Waals surface area (Å²) in [5.74, 6) is 1.85. The fourth-order valence-electron chi connectivity index (χ4n) is 2.80. The molecular weight excluding hydrogens is 262 g/mol. The normalized spacial score (nSPS) is 24.2. The number of hydrogen-bond donors (Lipinski definition) is 1. The van der Waals surface area contributed by atoms with E-state index in [9.17, 15) is 4.79 Å². The number of methoxy groups -OCH3 is 1. The highest BCUT2D eigenvalue weighted by molar-refractivity contribution is 5.81. The maximum Gasteiger partial charge on any atom is 0.227 e. The van der Waals surface area contributed by atoms with Crippen LogP contribution in [-0.4, -0.2) is 13.0 Å². The van der Waals surface area contributed by atoms with Gasteiger partial charge in [-0.05, 0) is 57.6 Å². The lowest BCUT2D eigenvalue weighted by Gasteiger charge is -2.27. The minimum absolute atomic E-state index is 0.139. The monoisotopic (exact) mass is 291 g/mol. The highest BCUT2D eigenvalue weighted by atomic mass is 16.5. The third-order valence-electron chi connectivity index (χ3n) is 4.23. The molecule has 1 amide bonds. The lowest BCUT2D eigenvalue weighted by atomic mass is 9.80. The molecule has 118 valence electrons. The molecule has 0 aliphatic heterocycles. The number of carbonyl (C=O) groups excluding carboxylic acids is 1. The Kier molecular flexibility index (Phi) is 7.88. The number of allylic oxidation sites excluding steroid dienone is 4. The first-order chi connectivity index (χ1) is 10.1. The summed E-state index contributed by atoms with van der Waals surface area (Å²) >= 11 is 0. The van der Waals surface area contributed by atoms with Crippen molar-refractivity contribution in [3.05, 3.63) is 35.8 Å². The number of amides is 1. The van der Waals surface area contributed by atoms with Crippen LogP contribution in [0.2, 0.25) is 0 Å². The Morgan fingerprint density at radius 3 is 2.38 bits per heavy atom. The Morgan fingerprint density at radius 2 is 1.90 bits per heavy atom. The van der Waals surface area contributed by atoms with Crippen LogP contribution in [-0.2, 0) is 9.53 Å². The molecule has 1 rings (SSSR count). The number of ether oxygens (including phenoxy) is 1. The zero-order valence-electron chi connectivity index (χ0n) is 13.8. The van der Waals surface area contributed by atoms with Gasteiger partial charge in [0, 0.05) is 17.7 Å². The zero-order chi connectivity index (χ0) is 15.7. The molecule has 3 heteroatoms. The van der Waals surface area contributed by atoms with Gasteiger partial charge in [0.2, 0.25) is 5.91 Å². The molecule has 0 saturated heterocycles. The van der Waals surface area contributed by atoms with Crippen LogP contribution in [0.25, 0.3) is 0 Å². The van der Waals surface area contributed by atoms with Crippen molar-refractivity contribution in [3.8, 4) is 0 Å². The van der Waals surface area contributed by atoms with Crippen molar-refractivity contribution in [2.24, 2.45) is 11.8 Å². The molecule has 0 unspecified atom stereocenters. The molecule has 1 N–H and O–H groups in total. The van der Waals surface area contributed by atoms with Crippen molar-refractivity contribution < 1.29 is 9.53 Å². The highest BCUT2D eigenvalue weighted by Crippen LogP contribution is 2.30. The fraction of sp³-hybridized carbons (Fsp3) is 0.611. The molecule has 0 bridgehead atoms. The van der Waals surface area contributed by atoms with Crippen LogP contribution < -0.4 is 5.32 Å². The first kappa shape index (κ1) is 17.5. The Hall–Kier alpha value is -1.51. The average molecular weight is 291 g/mol. The smallest absolute Gasteiger partial charge is 0.227 e. The van der Waals surface area contributed by atoms with Crippen LogP contribution in [0.4, 0.5) is 0 Å². The van der Waals surface area contributed by atoms with E-state index >= 15 is 0 Å². The Labute approximate surface area is 129 Å². The minimum Gasteiger partial charge on any atom is -0.497 e. The van der Waals surface area contributed by atoms with Crippen molar-refractivity contribution in [2.75, 3.05) is 7.11 Å². The summed E-state index contributed by atoms with van der Waals surface area (Å²) in [5, 5.41) is 3.03. The number of nitrogens with one attached hydrogen (secondary N) is 1. The summed E-state index contributed by atoms with van der Waals surface area (Å²) in [6, 6.07) is 0. The third-order valence-corrected chi connectivity index (χ3v) is 4.23. The Balaban J connectivity index is 2.65. The lowest BCUT2D eigenvalue weighted by Crippen LogP contribution is -2.32. The van der Waals surface area contributed by atoms with Crippen LogP contribution in [0.1, 0.15) is 52.9 Å². The second-order valence-electron chi connectivity index (χ2n) is 5.61. The third kappa shape index (κ3) is 5.78. The van der Waals surface area contributed by atoms with Gasteiger partial charge in [-0.1, -0.05) is 19.4 Å². The number of hydrogen-bond acceptors (Lipinski definition) is 2. The van der Waals surface area contributed by atoms with E-state index in [1.54, 1.807) is 7.11 Å². The van der Waals surface area contributed by atoms with Gasteiger partial charge in [-0.3, -0.25) is 4.79 Å². The average Bonchev–Trinajstić information content (AvgIpc) is 2.52. The second kappa shape index (κ2) is 9.43. The molecule has 0 aromatic heterocycles. The molecule has 0 aromatic rings. The molecule has 3 nitrogen and oxygen atoms in total. The van der Waals surface area contributed by atoms with Gasteiger partial charge in [0.15, 0.2) is 0 Å². The molecule has 0 atom stereocenters.